The van der Waals surface area contributed by atoms with Crippen molar-refractivity contribution in [3.8, 4) is 0 Å². The number of esters is 1. The number of ether oxygens (including phenoxy) is 1. The SMILES string of the molecule is CCOC(=O)C1=CSC(c2ccccc2)c2c1sc1ccccc21. The largest absolute Gasteiger partial charge is 0.462 e. The lowest BCUT2D eigenvalue weighted by Crippen LogP contribution is -2.11. The van der Waals surface area contributed by atoms with Crippen LogP contribution >= 0.6 is 23.1 Å². The second-order valence-corrected chi connectivity index (χ2v) is 7.55. The molecule has 0 aliphatic carbocycles. The molecule has 0 fully saturated rings. The first-order valence-corrected chi connectivity index (χ1v) is 9.65. The fraction of sp³-hybridized carbons (Fsp3) is 0.150. The van der Waals surface area contributed by atoms with Crippen molar-refractivity contribution in [3.63, 3.8) is 0 Å². The monoisotopic (exact) mass is 352 g/mol. The Labute approximate surface area is 149 Å². The van der Waals surface area contributed by atoms with Crippen LogP contribution in [0, 0.1) is 0 Å². The zero-order valence-electron chi connectivity index (χ0n) is 13.2. The summed E-state index contributed by atoms with van der Waals surface area (Å²) in [4.78, 5) is 13.4. The molecule has 4 rings (SSSR count). The van der Waals surface area contributed by atoms with Crippen molar-refractivity contribution in [3.05, 3.63) is 76.0 Å². The molecule has 2 nitrogen and oxygen atoms in total. The van der Waals surface area contributed by atoms with Crippen molar-refractivity contribution in [2.45, 2.75) is 12.2 Å². The average molecular weight is 352 g/mol. The third-order valence-corrected chi connectivity index (χ3v) is 6.43. The summed E-state index contributed by atoms with van der Waals surface area (Å²) in [5.41, 5.74) is 3.18. The molecule has 1 unspecified atom stereocenters. The summed E-state index contributed by atoms with van der Waals surface area (Å²) in [7, 11) is 0. The van der Waals surface area contributed by atoms with Gasteiger partial charge in [-0.15, -0.1) is 23.1 Å². The molecule has 120 valence electrons. The zero-order valence-corrected chi connectivity index (χ0v) is 14.8. The first-order valence-electron chi connectivity index (χ1n) is 7.89. The van der Waals surface area contributed by atoms with Gasteiger partial charge in [0.15, 0.2) is 0 Å². The summed E-state index contributed by atoms with van der Waals surface area (Å²) >= 11 is 3.36. The molecular formula is C20H16O2S2. The van der Waals surface area contributed by atoms with E-state index in [0.717, 1.165) is 4.88 Å². The summed E-state index contributed by atoms with van der Waals surface area (Å²) in [6.45, 7) is 2.23. The van der Waals surface area contributed by atoms with E-state index in [-0.39, 0.29) is 11.2 Å². The predicted octanol–water partition coefficient (Wildman–Crippen LogP) is 5.64. The molecule has 0 saturated heterocycles. The Morgan fingerprint density at radius 3 is 2.62 bits per heavy atom. The van der Waals surface area contributed by atoms with Gasteiger partial charge in [0.2, 0.25) is 0 Å². The standard InChI is InChI=1S/C20H16O2S2/c1-2-22-20(21)15-12-23-18(13-8-4-3-5-9-13)17-14-10-6-7-11-16(14)24-19(15)17/h3-12,18H,2H2,1H3. The molecule has 1 atom stereocenters. The van der Waals surface area contributed by atoms with Crippen LogP contribution < -0.4 is 0 Å². The van der Waals surface area contributed by atoms with Crippen LogP contribution in [-0.4, -0.2) is 12.6 Å². The van der Waals surface area contributed by atoms with Crippen molar-refractivity contribution in [2.75, 3.05) is 6.61 Å². The van der Waals surface area contributed by atoms with Gasteiger partial charge in [0, 0.05) is 9.58 Å². The Hall–Kier alpha value is -2.04. The van der Waals surface area contributed by atoms with Gasteiger partial charge in [-0.2, -0.15) is 0 Å². The van der Waals surface area contributed by atoms with Crippen molar-refractivity contribution in [1.29, 1.82) is 0 Å². The summed E-state index contributed by atoms with van der Waals surface area (Å²) in [6, 6.07) is 18.8. The van der Waals surface area contributed by atoms with Crippen LogP contribution in [0.4, 0.5) is 0 Å². The van der Waals surface area contributed by atoms with Gasteiger partial charge >= 0.3 is 5.97 Å². The summed E-state index contributed by atoms with van der Waals surface area (Å²) in [6.07, 6.45) is 0. The maximum atomic E-state index is 12.4. The second kappa shape index (κ2) is 6.46. The van der Waals surface area contributed by atoms with E-state index in [0.29, 0.717) is 12.2 Å². The highest BCUT2D eigenvalue weighted by atomic mass is 32.2. The number of rotatable bonds is 3. The Balaban J connectivity index is 1.91. The summed E-state index contributed by atoms with van der Waals surface area (Å²) in [5, 5.41) is 3.40. The lowest BCUT2D eigenvalue weighted by atomic mass is 9.98. The molecular weight excluding hydrogens is 336 g/mol. The number of carbonyl (C=O) groups is 1. The van der Waals surface area contributed by atoms with E-state index >= 15 is 0 Å². The van der Waals surface area contributed by atoms with Gasteiger partial charge in [0.05, 0.1) is 17.4 Å². The van der Waals surface area contributed by atoms with E-state index in [1.54, 1.807) is 23.1 Å². The molecule has 1 aliphatic rings. The van der Waals surface area contributed by atoms with E-state index in [9.17, 15) is 4.79 Å². The molecule has 2 aromatic carbocycles. The zero-order chi connectivity index (χ0) is 16.5. The highest BCUT2D eigenvalue weighted by molar-refractivity contribution is 8.02. The van der Waals surface area contributed by atoms with Crippen LogP contribution in [-0.2, 0) is 9.53 Å². The molecule has 2 heterocycles. The van der Waals surface area contributed by atoms with Gasteiger partial charge in [-0.3, -0.25) is 0 Å². The van der Waals surface area contributed by atoms with Crippen LogP contribution in [0.2, 0.25) is 0 Å². The normalized spacial score (nSPS) is 16.5. The van der Waals surface area contributed by atoms with Gasteiger partial charge in [0.1, 0.15) is 0 Å². The third kappa shape index (κ3) is 2.56. The van der Waals surface area contributed by atoms with E-state index < -0.39 is 0 Å². The van der Waals surface area contributed by atoms with Gasteiger partial charge < -0.3 is 4.74 Å². The lowest BCUT2D eigenvalue weighted by molar-refractivity contribution is -0.136. The lowest BCUT2D eigenvalue weighted by Gasteiger charge is -2.22. The Morgan fingerprint density at radius 1 is 1.08 bits per heavy atom. The predicted molar refractivity (Wildman–Crippen MR) is 102 cm³/mol. The van der Waals surface area contributed by atoms with Crippen LogP contribution in [0.25, 0.3) is 15.7 Å². The van der Waals surface area contributed by atoms with Crippen LogP contribution in [0.5, 0.6) is 0 Å². The number of thioether (sulfide) groups is 1. The van der Waals surface area contributed by atoms with Crippen LogP contribution in [0.15, 0.2) is 60.0 Å². The molecule has 0 N–H and O–H groups in total. The fourth-order valence-corrected chi connectivity index (χ4v) is 5.58. The van der Waals surface area contributed by atoms with Gasteiger partial charge in [-0.1, -0.05) is 48.5 Å². The Morgan fingerprint density at radius 2 is 1.83 bits per heavy atom. The molecule has 0 spiro atoms. The van der Waals surface area contributed by atoms with Crippen molar-refractivity contribution in [2.24, 2.45) is 0 Å². The van der Waals surface area contributed by atoms with Gasteiger partial charge in [-0.05, 0) is 34.9 Å². The van der Waals surface area contributed by atoms with Crippen LogP contribution in [0.3, 0.4) is 0 Å². The molecule has 4 heteroatoms. The molecule has 0 radical (unpaired) electrons. The highest BCUT2D eigenvalue weighted by Gasteiger charge is 2.31. The van der Waals surface area contributed by atoms with E-state index in [1.807, 2.05) is 24.5 Å². The number of hydrogen-bond donors (Lipinski definition) is 0. The van der Waals surface area contributed by atoms with E-state index in [1.165, 1.54) is 21.2 Å². The number of fused-ring (bicyclic) bond motifs is 3. The molecule has 3 aromatic rings. The Bertz CT molecular complexity index is 925. The average Bonchev–Trinajstić information content (AvgIpc) is 3.01. The quantitative estimate of drug-likeness (QED) is 0.571. The molecule has 0 amide bonds. The number of hydrogen-bond acceptors (Lipinski definition) is 4. The summed E-state index contributed by atoms with van der Waals surface area (Å²) in [5.74, 6) is -0.232. The first kappa shape index (κ1) is 15.5. The van der Waals surface area contributed by atoms with Crippen molar-refractivity contribution >= 4 is 44.7 Å². The first-order chi connectivity index (χ1) is 11.8. The summed E-state index contributed by atoms with van der Waals surface area (Å²) < 4.78 is 6.47. The second-order valence-electron chi connectivity index (χ2n) is 5.52. The topological polar surface area (TPSA) is 26.3 Å². The van der Waals surface area contributed by atoms with E-state index in [4.69, 9.17) is 4.74 Å². The van der Waals surface area contributed by atoms with Crippen molar-refractivity contribution < 1.29 is 9.53 Å². The molecule has 1 aromatic heterocycles. The molecule has 0 saturated carbocycles. The third-order valence-electron chi connectivity index (χ3n) is 4.06. The van der Waals surface area contributed by atoms with Crippen LogP contribution in [0.1, 0.15) is 28.2 Å². The maximum Gasteiger partial charge on any atom is 0.340 e. The minimum Gasteiger partial charge on any atom is -0.462 e. The van der Waals surface area contributed by atoms with Gasteiger partial charge in [-0.25, -0.2) is 4.79 Å². The smallest absolute Gasteiger partial charge is 0.340 e. The number of benzene rings is 2. The number of thiophene rings is 1. The minimum absolute atomic E-state index is 0.204. The molecule has 1 aliphatic heterocycles. The number of carbonyl (C=O) groups excluding carboxylic acids is 1. The van der Waals surface area contributed by atoms with Gasteiger partial charge in [0.25, 0.3) is 0 Å². The molecule has 0 bridgehead atoms. The highest BCUT2D eigenvalue weighted by Crippen LogP contribution is 2.51. The Kier molecular flexibility index (Phi) is 4.17. The molecule has 24 heavy (non-hydrogen) atoms. The van der Waals surface area contributed by atoms with Crippen molar-refractivity contribution in [1.82, 2.24) is 0 Å². The fourth-order valence-electron chi connectivity index (χ4n) is 3.01. The van der Waals surface area contributed by atoms with E-state index in [2.05, 4.69) is 42.5 Å². The minimum atomic E-state index is -0.232. The maximum absolute atomic E-state index is 12.4.